The predicted octanol–water partition coefficient (Wildman–Crippen LogP) is 4.67. The summed E-state index contributed by atoms with van der Waals surface area (Å²) in [5.41, 5.74) is -3.86. The van der Waals surface area contributed by atoms with Crippen LogP contribution in [0.15, 0.2) is 30.5 Å². The molecule has 1 fully saturated rings. The number of aliphatic hydroxyl groups is 1. The second-order valence-corrected chi connectivity index (χ2v) is 8.92. The molecular formula is C23H25F5N2O4. The molecule has 1 aliphatic heterocycles. The number of halogens is 5. The zero-order chi connectivity index (χ0) is 25.6. The van der Waals surface area contributed by atoms with Crippen LogP contribution in [0.3, 0.4) is 0 Å². The van der Waals surface area contributed by atoms with Gasteiger partial charge in [-0.3, -0.25) is 9.78 Å². The molecule has 0 aliphatic carbocycles. The molecule has 4 atom stereocenters. The molecule has 0 unspecified atom stereocenters. The van der Waals surface area contributed by atoms with E-state index in [9.17, 15) is 31.9 Å². The monoisotopic (exact) mass is 488 g/mol. The summed E-state index contributed by atoms with van der Waals surface area (Å²) in [4.78, 5) is 17.2. The number of rotatable bonds is 5. The Hall–Kier alpha value is -2.79. The molecule has 11 heteroatoms. The number of nitrogens with zero attached hydrogens (tertiary/aromatic N) is 1. The van der Waals surface area contributed by atoms with Gasteiger partial charge >= 0.3 is 6.18 Å². The van der Waals surface area contributed by atoms with Crippen molar-refractivity contribution in [1.82, 2.24) is 4.98 Å². The highest BCUT2D eigenvalue weighted by Crippen LogP contribution is 2.55. The summed E-state index contributed by atoms with van der Waals surface area (Å²) in [5.74, 6) is -6.86. The Labute approximate surface area is 193 Å². The van der Waals surface area contributed by atoms with Gasteiger partial charge in [0.2, 0.25) is 5.82 Å². The molecule has 1 saturated heterocycles. The van der Waals surface area contributed by atoms with Crippen molar-refractivity contribution in [3.63, 3.8) is 0 Å². The van der Waals surface area contributed by atoms with Gasteiger partial charge in [0.25, 0.3) is 5.91 Å². The summed E-state index contributed by atoms with van der Waals surface area (Å²) in [6.45, 7) is 4.99. The van der Waals surface area contributed by atoms with Crippen LogP contribution < -0.4 is 10.1 Å². The van der Waals surface area contributed by atoms with E-state index >= 15 is 0 Å². The lowest BCUT2D eigenvalue weighted by molar-refractivity contribution is -0.272. The highest BCUT2D eigenvalue weighted by Gasteiger charge is 2.65. The highest BCUT2D eigenvalue weighted by molar-refractivity contribution is 5.95. The predicted molar refractivity (Wildman–Crippen MR) is 112 cm³/mol. The fourth-order valence-electron chi connectivity index (χ4n) is 4.10. The Morgan fingerprint density at radius 3 is 2.44 bits per heavy atom. The summed E-state index contributed by atoms with van der Waals surface area (Å²) in [7, 11) is 1.05. The Kier molecular flexibility index (Phi) is 6.66. The third-order valence-corrected chi connectivity index (χ3v) is 6.22. The quantitative estimate of drug-likeness (QED) is 0.598. The summed E-state index contributed by atoms with van der Waals surface area (Å²) < 4.78 is 80.5. The second kappa shape index (κ2) is 8.77. The van der Waals surface area contributed by atoms with Crippen LogP contribution in [0.4, 0.5) is 27.6 Å². The van der Waals surface area contributed by atoms with Crippen LogP contribution in [-0.4, -0.2) is 41.0 Å². The number of aromatic nitrogens is 1. The van der Waals surface area contributed by atoms with Gasteiger partial charge in [0.15, 0.2) is 17.2 Å². The van der Waals surface area contributed by atoms with Crippen molar-refractivity contribution >= 4 is 11.6 Å². The van der Waals surface area contributed by atoms with Gasteiger partial charge < -0.3 is 19.9 Å². The van der Waals surface area contributed by atoms with Crippen molar-refractivity contribution in [2.24, 2.45) is 5.92 Å². The molecule has 2 aromatic rings. The zero-order valence-electron chi connectivity index (χ0n) is 19.1. The number of carbonyl (C=O) groups excluding carboxylic acids is 1. The first-order chi connectivity index (χ1) is 15.6. The number of ether oxygens (including phenoxy) is 2. The number of pyridine rings is 1. The van der Waals surface area contributed by atoms with E-state index in [2.05, 4.69) is 10.3 Å². The van der Waals surface area contributed by atoms with Gasteiger partial charge in [-0.2, -0.15) is 17.6 Å². The van der Waals surface area contributed by atoms with Crippen LogP contribution >= 0.6 is 0 Å². The van der Waals surface area contributed by atoms with Crippen molar-refractivity contribution in [2.45, 2.75) is 57.1 Å². The van der Waals surface area contributed by atoms with Gasteiger partial charge in [0, 0.05) is 29.3 Å². The van der Waals surface area contributed by atoms with E-state index in [-0.39, 0.29) is 16.9 Å². The first kappa shape index (κ1) is 25.8. The molecule has 6 nitrogen and oxygen atoms in total. The van der Waals surface area contributed by atoms with Gasteiger partial charge in [-0.15, -0.1) is 0 Å². The van der Waals surface area contributed by atoms with Crippen LogP contribution in [-0.2, 0) is 15.1 Å². The van der Waals surface area contributed by atoms with Gasteiger partial charge in [-0.1, -0.05) is 13.0 Å². The van der Waals surface area contributed by atoms with Crippen molar-refractivity contribution in [2.75, 3.05) is 12.4 Å². The zero-order valence-corrected chi connectivity index (χ0v) is 19.1. The molecule has 0 spiro atoms. The molecule has 1 aliphatic rings. The molecule has 186 valence electrons. The lowest BCUT2D eigenvalue weighted by atomic mass is 9.77. The van der Waals surface area contributed by atoms with Crippen LogP contribution in [0, 0.1) is 17.6 Å². The maximum atomic E-state index is 14.4. The topological polar surface area (TPSA) is 80.7 Å². The largest absolute Gasteiger partial charge is 0.493 e. The first-order valence-corrected chi connectivity index (χ1v) is 10.4. The number of benzene rings is 1. The lowest BCUT2D eigenvalue weighted by Gasteiger charge is -2.32. The molecule has 0 radical (unpaired) electrons. The van der Waals surface area contributed by atoms with Crippen LogP contribution in [0.25, 0.3) is 0 Å². The lowest BCUT2D eigenvalue weighted by Crippen LogP contribution is -2.47. The van der Waals surface area contributed by atoms with Gasteiger partial charge in [-0.25, -0.2) is 4.39 Å². The number of hydrogen-bond acceptors (Lipinski definition) is 5. The smallest absolute Gasteiger partial charge is 0.417 e. The molecule has 34 heavy (non-hydrogen) atoms. The van der Waals surface area contributed by atoms with Gasteiger partial charge in [0.1, 0.15) is 11.7 Å². The third-order valence-electron chi connectivity index (χ3n) is 6.22. The molecule has 0 saturated carbocycles. The average molecular weight is 488 g/mol. The van der Waals surface area contributed by atoms with Gasteiger partial charge in [-0.05, 0) is 39.0 Å². The van der Waals surface area contributed by atoms with Crippen molar-refractivity contribution < 1.29 is 41.3 Å². The highest BCUT2D eigenvalue weighted by atomic mass is 19.4. The Morgan fingerprint density at radius 2 is 1.88 bits per heavy atom. The maximum Gasteiger partial charge on any atom is 0.417 e. The Morgan fingerprint density at radius 1 is 1.24 bits per heavy atom. The van der Waals surface area contributed by atoms with Crippen molar-refractivity contribution in [3.8, 4) is 5.75 Å². The molecule has 0 bridgehead atoms. The normalized spacial score (nSPS) is 25.3. The molecule has 2 N–H and O–H groups in total. The maximum absolute atomic E-state index is 14.4. The van der Waals surface area contributed by atoms with Gasteiger partial charge in [0.05, 0.1) is 12.8 Å². The number of amides is 1. The molecule has 1 aromatic carbocycles. The number of methoxy groups -OCH3 is 1. The van der Waals surface area contributed by atoms with Crippen molar-refractivity contribution in [3.05, 3.63) is 53.4 Å². The third kappa shape index (κ3) is 4.46. The minimum atomic E-state index is -4.86. The molecular weight excluding hydrogens is 463 g/mol. The Bertz CT molecular complexity index is 1090. The minimum Gasteiger partial charge on any atom is -0.493 e. The Balaban J connectivity index is 2.07. The number of hydrogen-bond donors (Lipinski definition) is 2. The fraction of sp³-hybridized carbons (Fsp3) is 0.478. The average Bonchev–Trinajstić information content (AvgIpc) is 3.01. The van der Waals surface area contributed by atoms with E-state index < -0.39 is 58.6 Å². The molecule has 1 aromatic heterocycles. The number of nitrogens with one attached hydrogen (secondary N) is 1. The minimum absolute atomic E-state index is 0.131. The SMILES string of the molecule is COc1c([C@@H]2[C@@H](C(=O)Nc3ccnc(C(C)(C)O)c3)O[C@](C)(C(F)(F)F)[C@@H]2C)ccc(F)c1F. The summed E-state index contributed by atoms with van der Waals surface area (Å²) in [5, 5.41) is 12.6. The molecule has 2 heterocycles. The first-order valence-electron chi connectivity index (χ1n) is 10.4. The summed E-state index contributed by atoms with van der Waals surface area (Å²) in [6.07, 6.45) is -5.27. The van der Waals surface area contributed by atoms with E-state index in [0.717, 1.165) is 26.2 Å². The van der Waals surface area contributed by atoms with Crippen molar-refractivity contribution in [1.29, 1.82) is 0 Å². The van der Waals surface area contributed by atoms with Crippen LogP contribution in [0.2, 0.25) is 0 Å². The second-order valence-electron chi connectivity index (χ2n) is 8.92. The van der Waals surface area contributed by atoms with E-state index in [1.54, 1.807) is 0 Å². The van der Waals surface area contributed by atoms with E-state index in [1.165, 1.54) is 39.1 Å². The van der Waals surface area contributed by atoms with E-state index in [0.29, 0.717) is 0 Å². The van der Waals surface area contributed by atoms with Crippen LogP contribution in [0.5, 0.6) is 5.75 Å². The fourth-order valence-corrected chi connectivity index (χ4v) is 4.10. The number of anilines is 1. The number of carbonyl (C=O) groups is 1. The molecule has 1 amide bonds. The number of alkyl halides is 3. The van der Waals surface area contributed by atoms with E-state index in [1.807, 2.05) is 0 Å². The summed E-state index contributed by atoms with van der Waals surface area (Å²) >= 11 is 0. The van der Waals surface area contributed by atoms with Crippen LogP contribution in [0.1, 0.15) is 44.9 Å². The summed E-state index contributed by atoms with van der Waals surface area (Å²) in [6, 6.07) is 4.60. The van der Waals surface area contributed by atoms with E-state index in [4.69, 9.17) is 9.47 Å². The molecule has 3 rings (SSSR count). The standard InChI is InChI=1S/C23H25F5N2O4/c1-11-16(13-6-7-14(24)17(25)18(13)33-5)19(34-22(11,4)23(26,27)28)20(31)30-12-8-9-29-15(10-12)21(2,3)32/h6-11,16,19,32H,1-5H3,(H,29,30,31)/t11-,16-,19+,22+/m1/s1.